The molecule has 2 radical (unpaired) electrons. The Kier molecular flexibility index (Phi) is 4.82. The van der Waals surface area contributed by atoms with Gasteiger partial charge in [0, 0.05) is 0 Å². The molecule has 3 rings (SSSR count). The van der Waals surface area contributed by atoms with E-state index in [1.807, 2.05) is 12.1 Å². The first-order chi connectivity index (χ1) is 11.3. The molecule has 0 saturated heterocycles. The van der Waals surface area contributed by atoms with Gasteiger partial charge >= 0.3 is 0 Å². The van der Waals surface area contributed by atoms with E-state index in [9.17, 15) is 5.26 Å². The number of unbranched alkanes of at least 4 members (excludes halogenated alkanes) is 1. The van der Waals surface area contributed by atoms with Crippen molar-refractivity contribution in [3.8, 4) is 17.2 Å². The molecular weight excluding hydrogens is 278 g/mol. The van der Waals surface area contributed by atoms with Crippen LogP contribution in [-0.2, 0) is 6.42 Å². The monoisotopic (exact) mass is 301 g/mol. The molecule has 0 amide bonds. The van der Waals surface area contributed by atoms with Gasteiger partial charge in [0.2, 0.25) is 0 Å². The quantitative estimate of drug-likeness (QED) is 0.566. The number of rotatable bonds is 6. The third kappa shape index (κ3) is 3.04. The van der Waals surface area contributed by atoms with Gasteiger partial charge in [0.1, 0.15) is 0 Å². The molecular formula is C22H23N. The summed E-state index contributed by atoms with van der Waals surface area (Å²) in [5.41, 5.74) is 6.47. The predicted octanol–water partition coefficient (Wildman–Crippen LogP) is 5.78. The summed E-state index contributed by atoms with van der Waals surface area (Å²) in [6, 6.07) is 15.1. The maximum atomic E-state index is 9.73. The lowest BCUT2D eigenvalue weighted by Gasteiger charge is -2.16. The van der Waals surface area contributed by atoms with Crippen molar-refractivity contribution in [3.05, 3.63) is 65.1 Å². The average molecular weight is 301 g/mol. The van der Waals surface area contributed by atoms with Crippen molar-refractivity contribution in [3.63, 3.8) is 0 Å². The van der Waals surface area contributed by atoms with E-state index in [1.165, 1.54) is 36.8 Å². The van der Waals surface area contributed by atoms with Crippen molar-refractivity contribution in [1.82, 2.24) is 0 Å². The lowest BCUT2D eigenvalue weighted by molar-refractivity contribution is 0.449. The SMILES string of the molecule is CCCCC(CC)Cc1ccc2c(c1C#N)[C]c1ccccc1-2. The van der Waals surface area contributed by atoms with Crippen molar-refractivity contribution in [2.45, 2.75) is 46.0 Å². The zero-order chi connectivity index (χ0) is 16.2. The highest BCUT2D eigenvalue weighted by Crippen LogP contribution is 2.40. The molecule has 116 valence electrons. The van der Waals surface area contributed by atoms with Crippen LogP contribution in [0.2, 0.25) is 0 Å². The van der Waals surface area contributed by atoms with Gasteiger partial charge in [-0.25, -0.2) is 0 Å². The topological polar surface area (TPSA) is 23.8 Å². The van der Waals surface area contributed by atoms with E-state index in [-0.39, 0.29) is 0 Å². The van der Waals surface area contributed by atoms with Gasteiger partial charge in [0.05, 0.1) is 18.1 Å². The van der Waals surface area contributed by atoms with Crippen LogP contribution in [0.1, 0.15) is 61.8 Å². The van der Waals surface area contributed by atoms with E-state index in [0.29, 0.717) is 5.92 Å². The van der Waals surface area contributed by atoms with E-state index in [0.717, 1.165) is 28.7 Å². The fourth-order valence-corrected chi connectivity index (χ4v) is 3.51. The highest BCUT2D eigenvalue weighted by molar-refractivity contribution is 5.83. The van der Waals surface area contributed by atoms with Crippen LogP contribution in [0.3, 0.4) is 0 Å². The van der Waals surface area contributed by atoms with Crippen molar-refractivity contribution >= 4 is 0 Å². The lowest BCUT2D eigenvalue weighted by atomic mass is 9.87. The molecule has 1 unspecified atom stereocenters. The summed E-state index contributed by atoms with van der Waals surface area (Å²) in [5, 5.41) is 9.73. The van der Waals surface area contributed by atoms with Crippen molar-refractivity contribution in [2.75, 3.05) is 0 Å². The molecule has 0 spiro atoms. The van der Waals surface area contributed by atoms with Gasteiger partial charge < -0.3 is 0 Å². The van der Waals surface area contributed by atoms with Crippen LogP contribution < -0.4 is 0 Å². The number of hydrogen-bond acceptors (Lipinski definition) is 1. The van der Waals surface area contributed by atoms with Gasteiger partial charge in [0.25, 0.3) is 0 Å². The van der Waals surface area contributed by atoms with E-state index in [4.69, 9.17) is 0 Å². The van der Waals surface area contributed by atoms with Crippen molar-refractivity contribution in [2.24, 2.45) is 5.92 Å². The summed E-state index contributed by atoms with van der Waals surface area (Å²) < 4.78 is 0. The van der Waals surface area contributed by atoms with E-state index in [2.05, 4.69) is 50.6 Å². The number of fused-ring (bicyclic) bond motifs is 3. The molecule has 2 aromatic rings. The third-order valence-corrected chi connectivity index (χ3v) is 4.93. The van der Waals surface area contributed by atoms with Crippen LogP contribution in [0.15, 0.2) is 36.4 Å². The maximum Gasteiger partial charge on any atom is 0.0998 e. The van der Waals surface area contributed by atoms with Gasteiger partial charge in [-0.3, -0.25) is 0 Å². The number of nitrogens with zero attached hydrogens (tertiary/aromatic N) is 1. The Hall–Kier alpha value is -2.07. The molecule has 0 bridgehead atoms. The Morgan fingerprint density at radius 1 is 1.09 bits per heavy atom. The third-order valence-electron chi connectivity index (χ3n) is 4.93. The Balaban J connectivity index is 1.93. The fraction of sp³-hybridized carbons (Fsp3) is 0.364. The minimum atomic E-state index is 0.670. The minimum Gasteiger partial charge on any atom is -0.192 e. The Morgan fingerprint density at radius 2 is 1.91 bits per heavy atom. The molecule has 2 aromatic carbocycles. The molecule has 1 atom stereocenters. The summed E-state index contributed by atoms with van der Waals surface area (Å²) in [5.74, 6) is 0.670. The minimum absolute atomic E-state index is 0.670. The zero-order valence-electron chi connectivity index (χ0n) is 14.0. The molecule has 1 nitrogen and oxygen atoms in total. The van der Waals surface area contributed by atoms with Gasteiger partial charge in [-0.2, -0.15) is 5.26 Å². The first-order valence-electron chi connectivity index (χ1n) is 8.70. The second-order valence-electron chi connectivity index (χ2n) is 6.43. The molecule has 0 aromatic heterocycles. The van der Waals surface area contributed by atoms with Crippen LogP contribution in [-0.4, -0.2) is 0 Å². The van der Waals surface area contributed by atoms with Crippen LogP contribution in [0.5, 0.6) is 0 Å². The highest BCUT2D eigenvalue weighted by atomic mass is 14.3. The first kappa shape index (κ1) is 15.8. The van der Waals surface area contributed by atoms with Crippen LogP contribution in [0.4, 0.5) is 0 Å². The largest absolute Gasteiger partial charge is 0.192 e. The fourth-order valence-electron chi connectivity index (χ4n) is 3.51. The molecule has 0 aliphatic heterocycles. The number of hydrogen-bond donors (Lipinski definition) is 0. The number of nitriles is 1. The summed E-state index contributed by atoms with van der Waals surface area (Å²) >= 11 is 0. The average Bonchev–Trinajstić information content (AvgIpc) is 2.96. The summed E-state index contributed by atoms with van der Waals surface area (Å²) in [6.45, 7) is 4.50. The molecule has 1 aliphatic carbocycles. The Bertz CT molecular complexity index is 736. The van der Waals surface area contributed by atoms with E-state index < -0.39 is 0 Å². The zero-order valence-corrected chi connectivity index (χ0v) is 14.0. The van der Waals surface area contributed by atoms with Crippen LogP contribution in [0, 0.1) is 23.7 Å². The molecule has 23 heavy (non-hydrogen) atoms. The molecule has 0 saturated carbocycles. The van der Waals surface area contributed by atoms with Crippen LogP contribution in [0.25, 0.3) is 11.1 Å². The highest BCUT2D eigenvalue weighted by Gasteiger charge is 2.24. The smallest absolute Gasteiger partial charge is 0.0998 e. The Morgan fingerprint density at radius 3 is 2.65 bits per heavy atom. The molecule has 1 aliphatic rings. The van der Waals surface area contributed by atoms with E-state index in [1.54, 1.807) is 0 Å². The number of benzene rings is 2. The van der Waals surface area contributed by atoms with Gasteiger partial charge in [0.15, 0.2) is 0 Å². The predicted molar refractivity (Wildman–Crippen MR) is 95.1 cm³/mol. The van der Waals surface area contributed by atoms with Gasteiger partial charge in [-0.15, -0.1) is 0 Å². The second kappa shape index (κ2) is 7.01. The van der Waals surface area contributed by atoms with Crippen molar-refractivity contribution in [1.29, 1.82) is 5.26 Å². The van der Waals surface area contributed by atoms with Gasteiger partial charge in [-0.1, -0.05) is 75.9 Å². The maximum absolute atomic E-state index is 9.73. The second-order valence-corrected chi connectivity index (χ2v) is 6.43. The lowest BCUT2D eigenvalue weighted by Crippen LogP contribution is -2.06. The van der Waals surface area contributed by atoms with Gasteiger partial charge in [-0.05, 0) is 40.2 Å². The summed E-state index contributed by atoms with van der Waals surface area (Å²) in [6.07, 6.45) is 9.39. The molecule has 0 heterocycles. The normalized spacial score (nSPS) is 13.3. The van der Waals surface area contributed by atoms with E-state index >= 15 is 0 Å². The molecule has 1 heteroatoms. The first-order valence-corrected chi connectivity index (χ1v) is 8.70. The Labute approximate surface area is 140 Å². The summed E-state index contributed by atoms with van der Waals surface area (Å²) in [4.78, 5) is 0. The standard InChI is InChI=1S/C22H23N/c1-3-5-8-16(4-2)13-18-11-12-20-19-10-7-6-9-17(19)14-21(20)22(18)15-23/h6-7,9-12,16H,3-5,8,13H2,1-2H3. The summed E-state index contributed by atoms with van der Waals surface area (Å²) in [7, 11) is 0. The molecule has 0 N–H and O–H groups in total. The van der Waals surface area contributed by atoms with Crippen LogP contribution >= 0.6 is 0 Å². The molecule has 0 fully saturated rings. The van der Waals surface area contributed by atoms with Crippen molar-refractivity contribution < 1.29 is 0 Å².